The lowest BCUT2D eigenvalue weighted by Gasteiger charge is -2.22. The summed E-state index contributed by atoms with van der Waals surface area (Å²) in [7, 11) is -3.04. The molecule has 0 spiro atoms. The molecule has 2 amide bonds. The summed E-state index contributed by atoms with van der Waals surface area (Å²) in [5.41, 5.74) is -0.252. The molecule has 150 valence electrons. The summed E-state index contributed by atoms with van der Waals surface area (Å²) in [6.07, 6.45) is 0.640. The number of halogens is 3. The summed E-state index contributed by atoms with van der Waals surface area (Å²) in [5, 5.41) is 10.9. The van der Waals surface area contributed by atoms with Crippen LogP contribution in [0.15, 0.2) is 18.2 Å². The van der Waals surface area contributed by atoms with Gasteiger partial charge in [0.2, 0.25) is 0 Å². The fraction of sp³-hybridized carbons (Fsp3) is 0.312. The zero-order valence-electron chi connectivity index (χ0n) is 14.3. The second-order valence-corrected chi connectivity index (χ2v) is 8.98. The Kier molecular flexibility index (Phi) is 5.66. The highest BCUT2D eigenvalue weighted by Gasteiger charge is 2.25. The smallest absolute Gasteiger partial charge is 0.269 e. The Morgan fingerprint density at radius 1 is 1.11 bits per heavy atom. The van der Waals surface area contributed by atoms with E-state index in [0.717, 1.165) is 0 Å². The summed E-state index contributed by atoms with van der Waals surface area (Å²) in [6.45, 7) is 0. The number of nitrogens with one attached hydrogen (secondary N) is 3. The van der Waals surface area contributed by atoms with Crippen LogP contribution in [0.1, 0.15) is 33.7 Å². The molecular weight excluding hydrogens is 418 g/mol. The predicted octanol–water partition coefficient (Wildman–Crippen LogP) is 1.90. The molecule has 0 unspecified atom stereocenters. The summed E-state index contributed by atoms with van der Waals surface area (Å²) >= 11 is 5.74. The normalized spacial score (nSPS) is 16.5. The minimum absolute atomic E-state index is 0.0111. The van der Waals surface area contributed by atoms with Gasteiger partial charge in [0.25, 0.3) is 11.8 Å². The number of hydrogen-bond acceptors (Lipinski definition) is 5. The number of aromatic nitrogens is 2. The number of H-pyrrole nitrogens is 1. The lowest BCUT2D eigenvalue weighted by Crippen LogP contribution is -2.40. The largest absolute Gasteiger partial charge is 0.348 e. The molecule has 0 atom stereocenters. The van der Waals surface area contributed by atoms with Crippen LogP contribution in [-0.4, -0.2) is 48.0 Å². The van der Waals surface area contributed by atoms with E-state index in [0.29, 0.717) is 25.0 Å². The number of rotatable bonds is 4. The molecular formula is C16H15ClF2N4O4S. The van der Waals surface area contributed by atoms with Crippen LogP contribution in [0.3, 0.4) is 0 Å². The molecule has 1 aliphatic rings. The first-order valence-corrected chi connectivity index (χ1v) is 10.4. The summed E-state index contributed by atoms with van der Waals surface area (Å²) in [4.78, 5) is 24.4. The topological polar surface area (TPSA) is 121 Å². The molecule has 0 bridgehead atoms. The molecule has 0 saturated carbocycles. The highest BCUT2D eigenvalue weighted by Crippen LogP contribution is 2.21. The number of carbonyl (C=O) groups excluding carboxylic acids is 2. The van der Waals surface area contributed by atoms with E-state index in [1.807, 2.05) is 0 Å². The van der Waals surface area contributed by atoms with Crippen molar-refractivity contribution < 1.29 is 26.8 Å². The van der Waals surface area contributed by atoms with Crippen molar-refractivity contribution in [2.24, 2.45) is 0 Å². The first-order chi connectivity index (χ1) is 13.1. The van der Waals surface area contributed by atoms with E-state index in [9.17, 15) is 26.8 Å². The zero-order chi connectivity index (χ0) is 20.5. The molecule has 3 rings (SSSR count). The third-order valence-corrected chi connectivity index (χ3v) is 6.24. The number of amides is 2. The van der Waals surface area contributed by atoms with Crippen LogP contribution in [0.2, 0.25) is 5.02 Å². The van der Waals surface area contributed by atoms with Gasteiger partial charge in [0.05, 0.1) is 22.1 Å². The maximum atomic E-state index is 13.3. The molecule has 8 nitrogen and oxygen atoms in total. The Labute approximate surface area is 163 Å². The Hall–Kier alpha value is -2.53. The lowest BCUT2D eigenvalue weighted by molar-refractivity contribution is 0.0928. The van der Waals surface area contributed by atoms with E-state index >= 15 is 0 Å². The Balaban J connectivity index is 1.63. The van der Waals surface area contributed by atoms with E-state index in [4.69, 9.17) is 11.6 Å². The number of carbonyl (C=O) groups is 2. The highest BCUT2D eigenvalue weighted by molar-refractivity contribution is 7.91. The third-order valence-electron chi connectivity index (χ3n) is 4.21. The van der Waals surface area contributed by atoms with Gasteiger partial charge in [-0.25, -0.2) is 17.2 Å². The average Bonchev–Trinajstić information content (AvgIpc) is 3.08. The first kappa shape index (κ1) is 20.2. The molecule has 1 saturated heterocycles. The summed E-state index contributed by atoms with van der Waals surface area (Å²) in [6, 6.07) is 2.31. The first-order valence-electron chi connectivity index (χ1n) is 8.17. The number of hydrogen-bond donors (Lipinski definition) is 3. The molecule has 1 aromatic heterocycles. The van der Waals surface area contributed by atoms with Crippen LogP contribution in [0, 0.1) is 11.6 Å². The fourth-order valence-corrected chi connectivity index (χ4v) is 4.41. The van der Waals surface area contributed by atoms with Gasteiger partial charge >= 0.3 is 0 Å². The molecule has 1 aliphatic heterocycles. The fourth-order valence-electron chi connectivity index (χ4n) is 2.68. The van der Waals surface area contributed by atoms with Gasteiger partial charge in [0.15, 0.2) is 17.5 Å². The standard InChI is InChI=1S/C16H15ClF2N4O4S/c17-10-6-12(19)11(18)5-9(10)15(24)21-14-7-13(22-23-14)16(25)20-8-1-3-28(26,27)4-2-8/h5-8H,1-4H2,(H,20,25)(H2,21,22,23,24). The van der Waals surface area contributed by atoms with Crippen molar-refractivity contribution >= 4 is 39.1 Å². The number of nitrogens with zero attached hydrogens (tertiary/aromatic N) is 1. The second kappa shape index (κ2) is 7.84. The Bertz CT molecular complexity index is 1030. The van der Waals surface area contributed by atoms with E-state index in [-0.39, 0.29) is 39.6 Å². The molecule has 1 fully saturated rings. The number of anilines is 1. The van der Waals surface area contributed by atoms with Gasteiger partial charge in [0.1, 0.15) is 15.5 Å². The molecule has 0 aliphatic carbocycles. The Morgan fingerprint density at radius 3 is 2.43 bits per heavy atom. The van der Waals surface area contributed by atoms with E-state index in [1.54, 1.807) is 0 Å². The predicted molar refractivity (Wildman–Crippen MR) is 97.1 cm³/mol. The summed E-state index contributed by atoms with van der Waals surface area (Å²) in [5.74, 6) is -3.76. The van der Waals surface area contributed by atoms with Crippen molar-refractivity contribution in [2.75, 3.05) is 16.8 Å². The molecule has 12 heteroatoms. The van der Waals surface area contributed by atoms with Crippen LogP contribution in [-0.2, 0) is 9.84 Å². The minimum atomic E-state index is -3.04. The van der Waals surface area contributed by atoms with E-state index in [1.165, 1.54) is 6.07 Å². The molecule has 0 radical (unpaired) electrons. The van der Waals surface area contributed by atoms with Crippen molar-refractivity contribution in [3.05, 3.63) is 46.1 Å². The SMILES string of the molecule is O=C(NC1CCS(=O)(=O)CC1)c1cc(NC(=O)c2cc(F)c(F)cc2Cl)n[nH]1. The van der Waals surface area contributed by atoms with Crippen molar-refractivity contribution in [1.82, 2.24) is 15.5 Å². The highest BCUT2D eigenvalue weighted by atomic mass is 35.5. The van der Waals surface area contributed by atoms with E-state index in [2.05, 4.69) is 20.8 Å². The molecule has 3 N–H and O–H groups in total. The van der Waals surface area contributed by atoms with Gasteiger partial charge in [-0.2, -0.15) is 5.10 Å². The van der Waals surface area contributed by atoms with Crippen LogP contribution >= 0.6 is 11.6 Å². The van der Waals surface area contributed by atoms with Crippen molar-refractivity contribution in [1.29, 1.82) is 0 Å². The van der Waals surface area contributed by atoms with Crippen LogP contribution in [0.4, 0.5) is 14.6 Å². The van der Waals surface area contributed by atoms with Gasteiger partial charge in [0, 0.05) is 12.1 Å². The van der Waals surface area contributed by atoms with Crippen LogP contribution in [0.5, 0.6) is 0 Å². The van der Waals surface area contributed by atoms with Gasteiger partial charge in [-0.05, 0) is 25.0 Å². The van der Waals surface area contributed by atoms with Crippen LogP contribution < -0.4 is 10.6 Å². The average molecular weight is 433 g/mol. The third kappa shape index (κ3) is 4.65. The van der Waals surface area contributed by atoms with Crippen molar-refractivity contribution in [2.45, 2.75) is 18.9 Å². The zero-order valence-corrected chi connectivity index (χ0v) is 15.8. The van der Waals surface area contributed by atoms with E-state index < -0.39 is 33.3 Å². The maximum absolute atomic E-state index is 13.3. The molecule has 28 heavy (non-hydrogen) atoms. The van der Waals surface area contributed by atoms with Gasteiger partial charge in [-0.1, -0.05) is 11.6 Å². The number of benzene rings is 1. The monoisotopic (exact) mass is 432 g/mol. The molecule has 2 heterocycles. The Morgan fingerprint density at radius 2 is 1.75 bits per heavy atom. The number of aromatic amines is 1. The van der Waals surface area contributed by atoms with Gasteiger partial charge in [-0.3, -0.25) is 14.7 Å². The summed E-state index contributed by atoms with van der Waals surface area (Å²) < 4.78 is 49.2. The van der Waals surface area contributed by atoms with Crippen molar-refractivity contribution in [3.63, 3.8) is 0 Å². The van der Waals surface area contributed by atoms with Gasteiger partial charge in [-0.15, -0.1) is 0 Å². The quantitative estimate of drug-likeness (QED) is 0.637. The van der Waals surface area contributed by atoms with Crippen LogP contribution in [0.25, 0.3) is 0 Å². The minimum Gasteiger partial charge on any atom is -0.348 e. The van der Waals surface area contributed by atoms with Gasteiger partial charge < -0.3 is 10.6 Å². The maximum Gasteiger partial charge on any atom is 0.269 e. The van der Waals surface area contributed by atoms with Crippen molar-refractivity contribution in [3.8, 4) is 0 Å². The lowest BCUT2D eigenvalue weighted by atomic mass is 10.1. The second-order valence-electron chi connectivity index (χ2n) is 6.27. The molecule has 2 aromatic rings. The molecule has 1 aromatic carbocycles. The number of sulfone groups is 1.